The minimum Gasteiger partial charge on any atom is -0.399 e. The molecule has 4 nitrogen and oxygen atoms in total. The number of hydrogen-bond acceptors (Lipinski definition) is 3. The van der Waals surface area contributed by atoms with Crippen LogP contribution in [0.15, 0.2) is 24.3 Å². The fourth-order valence-corrected chi connectivity index (χ4v) is 1.92. The number of carbonyl (C=O) groups excluding carboxylic acids is 1. The predicted octanol–water partition coefficient (Wildman–Crippen LogP) is 1.73. The number of nitrogen functional groups attached to an aromatic ring is 1. The van der Waals surface area contributed by atoms with Gasteiger partial charge in [0.05, 0.1) is 0 Å². The third kappa shape index (κ3) is 6.25. The molecule has 1 aromatic carbocycles. The third-order valence-electron chi connectivity index (χ3n) is 3.32. The molecule has 0 saturated heterocycles. The van der Waals surface area contributed by atoms with Crippen LogP contribution in [0.1, 0.15) is 31.7 Å². The summed E-state index contributed by atoms with van der Waals surface area (Å²) >= 11 is 0. The first-order chi connectivity index (χ1) is 9.15. The third-order valence-corrected chi connectivity index (χ3v) is 3.32. The number of aliphatic hydroxyl groups is 1. The molecule has 4 N–H and O–H groups in total. The Balaban J connectivity index is 2.25. The largest absolute Gasteiger partial charge is 0.399 e. The van der Waals surface area contributed by atoms with Crippen LogP contribution < -0.4 is 11.1 Å². The van der Waals surface area contributed by atoms with E-state index < -0.39 is 0 Å². The zero-order chi connectivity index (χ0) is 14.1. The quantitative estimate of drug-likeness (QED) is 0.626. The standard InChI is InChI=1S/C15H24N2O2/c1-2-12(9-10-18)11-17-15(19)8-5-13-3-6-14(16)7-4-13/h3-4,6-7,12,18H,2,5,8-11,16H2,1H3,(H,17,19). The van der Waals surface area contributed by atoms with Crippen LogP contribution in [-0.2, 0) is 11.2 Å². The lowest BCUT2D eigenvalue weighted by Gasteiger charge is -2.14. The summed E-state index contributed by atoms with van der Waals surface area (Å²) in [4.78, 5) is 11.7. The van der Waals surface area contributed by atoms with Crippen molar-refractivity contribution in [1.82, 2.24) is 5.32 Å². The van der Waals surface area contributed by atoms with E-state index in [9.17, 15) is 4.79 Å². The Morgan fingerprint density at radius 1 is 1.37 bits per heavy atom. The number of nitrogens with one attached hydrogen (secondary N) is 1. The molecule has 0 saturated carbocycles. The van der Waals surface area contributed by atoms with Crippen LogP contribution in [0.4, 0.5) is 5.69 Å². The summed E-state index contributed by atoms with van der Waals surface area (Å²) in [5, 5.41) is 11.8. The van der Waals surface area contributed by atoms with Gasteiger partial charge < -0.3 is 16.2 Å². The fraction of sp³-hybridized carbons (Fsp3) is 0.533. The van der Waals surface area contributed by atoms with Gasteiger partial charge in [0.2, 0.25) is 5.91 Å². The summed E-state index contributed by atoms with van der Waals surface area (Å²) in [7, 11) is 0. The highest BCUT2D eigenvalue weighted by Crippen LogP contribution is 2.08. The molecule has 0 aliphatic heterocycles. The molecule has 1 aromatic rings. The van der Waals surface area contributed by atoms with E-state index in [4.69, 9.17) is 10.8 Å². The number of aliphatic hydroxyl groups excluding tert-OH is 1. The molecular formula is C15H24N2O2. The average Bonchev–Trinajstić information content (AvgIpc) is 2.42. The van der Waals surface area contributed by atoms with Crippen LogP contribution in [0.2, 0.25) is 0 Å². The Bertz CT molecular complexity index is 376. The first kappa shape index (κ1) is 15.5. The summed E-state index contributed by atoms with van der Waals surface area (Å²) in [5.41, 5.74) is 7.46. The van der Waals surface area contributed by atoms with E-state index in [1.54, 1.807) is 0 Å². The molecule has 0 aliphatic rings. The molecule has 0 aromatic heterocycles. The Labute approximate surface area is 115 Å². The highest BCUT2D eigenvalue weighted by atomic mass is 16.3. The topological polar surface area (TPSA) is 75.3 Å². The monoisotopic (exact) mass is 264 g/mol. The molecule has 1 atom stereocenters. The maximum absolute atomic E-state index is 11.7. The van der Waals surface area contributed by atoms with Crippen LogP contribution in [-0.4, -0.2) is 24.2 Å². The second-order valence-corrected chi connectivity index (χ2v) is 4.83. The molecule has 0 radical (unpaired) electrons. The Morgan fingerprint density at radius 3 is 2.63 bits per heavy atom. The number of benzene rings is 1. The average molecular weight is 264 g/mol. The number of aryl methyl sites for hydroxylation is 1. The second kappa shape index (κ2) is 8.53. The van der Waals surface area contributed by atoms with Crippen LogP contribution >= 0.6 is 0 Å². The number of anilines is 1. The molecular weight excluding hydrogens is 240 g/mol. The van der Waals surface area contributed by atoms with Crippen molar-refractivity contribution in [3.8, 4) is 0 Å². The van der Waals surface area contributed by atoms with Crippen molar-refractivity contribution in [3.05, 3.63) is 29.8 Å². The second-order valence-electron chi connectivity index (χ2n) is 4.83. The smallest absolute Gasteiger partial charge is 0.220 e. The van der Waals surface area contributed by atoms with Gasteiger partial charge in [-0.15, -0.1) is 0 Å². The Kier molecular flexibility index (Phi) is 6.97. The number of carbonyl (C=O) groups is 1. The van der Waals surface area contributed by atoms with Gasteiger partial charge in [0.1, 0.15) is 0 Å². The summed E-state index contributed by atoms with van der Waals surface area (Å²) in [6, 6.07) is 7.59. The van der Waals surface area contributed by atoms with Crippen molar-refractivity contribution in [2.75, 3.05) is 18.9 Å². The molecule has 19 heavy (non-hydrogen) atoms. The van der Waals surface area contributed by atoms with E-state index in [0.29, 0.717) is 18.9 Å². The van der Waals surface area contributed by atoms with Crippen molar-refractivity contribution in [3.63, 3.8) is 0 Å². The Morgan fingerprint density at radius 2 is 2.05 bits per heavy atom. The SMILES string of the molecule is CCC(CCO)CNC(=O)CCc1ccc(N)cc1. The molecule has 0 bridgehead atoms. The first-order valence-electron chi connectivity index (χ1n) is 6.87. The van der Waals surface area contributed by atoms with Crippen LogP contribution in [0.5, 0.6) is 0 Å². The van der Waals surface area contributed by atoms with Crippen LogP contribution in [0, 0.1) is 5.92 Å². The molecule has 1 rings (SSSR count). The van der Waals surface area contributed by atoms with Crippen molar-refractivity contribution in [2.45, 2.75) is 32.6 Å². The van der Waals surface area contributed by atoms with Crippen LogP contribution in [0.25, 0.3) is 0 Å². The molecule has 0 fully saturated rings. The lowest BCUT2D eigenvalue weighted by Crippen LogP contribution is -2.29. The van der Waals surface area contributed by atoms with Gasteiger partial charge in [-0.2, -0.15) is 0 Å². The molecule has 0 aliphatic carbocycles. The normalized spacial score (nSPS) is 12.1. The Hall–Kier alpha value is -1.55. The number of hydrogen-bond donors (Lipinski definition) is 3. The van der Waals surface area contributed by atoms with E-state index >= 15 is 0 Å². The summed E-state index contributed by atoms with van der Waals surface area (Å²) in [6.45, 7) is 2.90. The van der Waals surface area contributed by atoms with Gasteiger partial charge in [0.15, 0.2) is 0 Å². The highest BCUT2D eigenvalue weighted by Gasteiger charge is 2.08. The minimum absolute atomic E-state index is 0.0632. The molecule has 0 spiro atoms. The summed E-state index contributed by atoms with van der Waals surface area (Å²) in [5.74, 6) is 0.429. The van der Waals surface area contributed by atoms with Gasteiger partial charge in [-0.25, -0.2) is 0 Å². The predicted molar refractivity (Wildman–Crippen MR) is 77.7 cm³/mol. The van der Waals surface area contributed by atoms with E-state index in [0.717, 1.165) is 30.5 Å². The van der Waals surface area contributed by atoms with Crippen molar-refractivity contribution in [1.29, 1.82) is 0 Å². The first-order valence-corrected chi connectivity index (χ1v) is 6.87. The van der Waals surface area contributed by atoms with E-state index in [1.807, 2.05) is 24.3 Å². The maximum Gasteiger partial charge on any atom is 0.220 e. The molecule has 1 unspecified atom stereocenters. The van der Waals surface area contributed by atoms with Crippen molar-refractivity contribution in [2.24, 2.45) is 5.92 Å². The van der Waals surface area contributed by atoms with Gasteiger partial charge in [-0.1, -0.05) is 25.5 Å². The molecule has 1 amide bonds. The zero-order valence-corrected chi connectivity index (χ0v) is 11.6. The fourth-order valence-electron chi connectivity index (χ4n) is 1.92. The van der Waals surface area contributed by atoms with E-state index in [1.165, 1.54) is 0 Å². The van der Waals surface area contributed by atoms with E-state index in [-0.39, 0.29) is 12.5 Å². The zero-order valence-electron chi connectivity index (χ0n) is 11.6. The van der Waals surface area contributed by atoms with Gasteiger partial charge in [0.25, 0.3) is 0 Å². The van der Waals surface area contributed by atoms with Gasteiger partial charge in [0, 0.05) is 25.3 Å². The molecule has 106 valence electrons. The summed E-state index contributed by atoms with van der Waals surface area (Å²) in [6.07, 6.45) is 2.93. The maximum atomic E-state index is 11.7. The number of nitrogens with two attached hydrogens (primary N) is 1. The van der Waals surface area contributed by atoms with Crippen LogP contribution in [0.3, 0.4) is 0 Å². The highest BCUT2D eigenvalue weighted by molar-refractivity contribution is 5.76. The lowest BCUT2D eigenvalue weighted by molar-refractivity contribution is -0.121. The number of amides is 1. The van der Waals surface area contributed by atoms with E-state index in [2.05, 4.69) is 12.2 Å². The minimum atomic E-state index is 0.0632. The lowest BCUT2D eigenvalue weighted by atomic mass is 10.0. The summed E-state index contributed by atoms with van der Waals surface area (Å²) < 4.78 is 0. The van der Waals surface area contributed by atoms with Gasteiger partial charge in [-0.3, -0.25) is 4.79 Å². The molecule has 0 heterocycles. The van der Waals surface area contributed by atoms with Gasteiger partial charge >= 0.3 is 0 Å². The van der Waals surface area contributed by atoms with Crippen molar-refractivity contribution < 1.29 is 9.90 Å². The number of rotatable bonds is 8. The van der Waals surface area contributed by atoms with Gasteiger partial charge in [-0.05, 0) is 36.5 Å². The molecule has 4 heteroatoms. The van der Waals surface area contributed by atoms with Crippen molar-refractivity contribution >= 4 is 11.6 Å².